The first kappa shape index (κ1) is 23.1. The number of aliphatic imine (C=N–C) groups is 1. The third-order valence-electron chi connectivity index (χ3n) is 5.02. The lowest BCUT2D eigenvalue weighted by Crippen LogP contribution is -2.41. The van der Waals surface area contributed by atoms with Gasteiger partial charge in [-0.1, -0.05) is 29.8 Å². The molecule has 3 rings (SSSR count). The lowest BCUT2D eigenvalue weighted by Gasteiger charge is -2.32. The molecule has 7 heteroatoms. The van der Waals surface area contributed by atoms with E-state index in [2.05, 4.69) is 58.7 Å². The number of nitrogens with zero attached hydrogens (tertiary/aromatic N) is 2. The zero-order valence-electron chi connectivity index (χ0n) is 17.1. The molecule has 2 N–H and O–H groups in total. The van der Waals surface area contributed by atoms with Crippen LogP contribution in [0.3, 0.4) is 0 Å². The Morgan fingerprint density at radius 2 is 1.96 bits per heavy atom. The first-order chi connectivity index (χ1) is 13.1. The van der Waals surface area contributed by atoms with Crippen molar-refractivity contribution < 1.29 is 4.74 Å². The van der Waals surface area contributed by atoms with E-state index >= 15 is 0 Å². The van der Waals surface area contributed by atoms with Crippen LogP contribution in [-0.4, -0.2) is 31.1 Å². The second-order valence-corrected chi connectivity index (χ2v) is 8.44. The Balaban J connectivity index is 0.00000280. The van der Waals surface area contributed by atoms with Crippen LogP contribution in [0.4, 0.5) is 0 Å². The fourth-order valence-corrected chi connectivity index (χ4v) is 4.40. The van der Waals surface area contributed by atoms with Crippen molar-refractivity contribution in [2.45, 2.75) is 46.3 Å². The van der Waals surface area contributed by atoms with Crippen LogP contribution in [-0.2, 0) is 11.3 Å². The van der Waals surface area contributed by atoms with Gasteiger partial charge < -0.3 is 15.4 Å². The van der Waals surface area contributed by atoms with Crippen LogP contribution in [0.1, 0.15) is 45.7 Å². The zero-order valence-corrected chi connectivity index (χ0v) is 20.3. The summed E-state index contributed by atoms with van der Waals surface area (Å²) in [5.74, 6) is 1.26. The molecule has 0 bridgehead atoms. The van der Waals surface area contributed by atoms with E-state index in [4.69, 9.17) is 4.74 Å². The molecule has 1 aliphatic rings. The third-order valence-corrected chi connectivity index (χ3v) is 6.09. The quantitative estimate of drug-likeness (QED) is 0.350. The first-order valence-corrected chi connectivity index (χ1v) is 10.4. The van der Waals surface area contributed by atoms with Crippen molar-refractivity contribution in [3.63, 3.8) is 0 Å². The van der Waals surface area contributed by atoms with Crippen LogP contribution >= 0.6 is 35.3 Å². The summed E-state index contributed by atoms with van der Waals surface area (Å²) in [5.41, 5.74) is 3.65. The number of nitrogens with one attached hydrogen (secondary N) is 2. The highest BCUT2D eigenvalue weighted by Crippen LogP contribution is 2.33. The Bertz CT molecular complexity index is 775. The summed E-state index contributed by atoms with van der Waals surface area (Å²) >= 11 is 1.74. The van der Waals surface area contributed by atoms with Crippen molar-refractivity contribution in [3.8, 4) is 0 Å². The predicted octanol–water partition coefficient (Wildman–Crippen LogP) is 4.52. The molecule has 154 valence electrons. The van der Waals surface area contributed by atoms with Gasteiger partial charge in [0.2, 0.25) is 0 Å². The summed E-state index contributed by atoms with van der Waals surface area (Å²) in [6.07, 6.45) is 2.42. The van der Waals surface area contributed by atoms with Gasteiger partial charge in [0.1, 0.15) is 0 Å². The molecule has 2 heterocycles. The van der Waals surface area contributed by atoms with Crippen LogP contribution in [0.25, 0.3) is 0 Å². The van der Waals surface area contributed by atoms with Gasteiger partial charge in [-0.05, 0) is 39.2 Å². The number of thiazole rings is 1. The number of benzene rings is 1. The largest absolute Gasteiger partial charge is 0.373 e. The van der Waals surface area contributed by atoms with E-state index in [9.17, 15) is 0 Å². The van der Waals surface area contributed by atoms with E-state index in [-0.39, 0.29) is 30.1 Å². The van der Waals surface area contributed by atoms with E-state index in [1.807, 2.05) is 14.0 Å². The van der Waals surface area contributed by atoms with Gasteiger partial charge in [0, 0.05) is 31.0 Å². The summed E-state index contributed by atoms with van der Waals surface area (Å²) in [5, 5.41) is 8.00. The fraction of sp³-hybridized carbons (Fsp3) is 0.524. The van der Waals surface area contributed by atoms with Crippen LogP contribution in [0.5, 0.6) is 0 Å². The molecule has 1 fully saturated rings. The van der Waals surface area contributed by atoms with Gasteiger partial charge in [-0.2, -0.15) is 0 Å². The second kappa shape index (κ2) is 11.1. The summed E-state index contributed by atoms with van der Waals surface area (Å²) in [7, 11) is 1.81. The van der Waals surface area contributed by atoms with Crippen molar-refractivity contribution in [1.29, 1.82) is 0 Å². The Morgan fingerprint density at radius 3 is 2.61 bits per heavy atom. The zero-order chi connectivity index (χ0) is 19.2. The summed E-state index contributed by atoms with van der Waals surface area (Å²) in [6, 6.07) is 8.72. The number of ether oxygens (including phenoxy) is 1. The van der Waals surface area contributed by atoms with Crippen LogP contribution < -0.4 is 10.6 Å². The molecule has 5 nitrogen and oxygen atoms in total. The van der Waals surface area contributed by atoms with Gasteiger partial charge in [0.05, 0.1) is 23.4 Å². The van der Waals surface area contributed by atoms with E-state index in [0.717, 1.165) is 49.2 Å². The highest BCUT2D eigenvalue weighted by Gasteiger charge is 2.27. The highest BCUT2D eigenvalue weighted by atomic mass is 127. The maximum Gasteiger partial charge on any atom is 0.191 e. The Morgan fingerprint density at radius 1 is 1.21 bits per heavy atom. The van der Waals surface area contributed by atoms with Crippen molar-refractivity contribution in [3.05, 3.63) is 51.0 Å². The molecule has 2 aromatic rings. The molecular formula is C21H31IN4OS. The van der Waals surface area contributed by atoms with Crippen molar-refractivity contribution in [2.75, 3.05) is 20.2 Å². The minimum atomic E-state index is 0. The van der Waals surface area contributed by atoms with Crippen LogP contribution in [0, 0.1) is 26.7 Å². The molecule has 2 unspecified atom stereocenters. The third kappa shape index (κ3) is 6.15. The molecule has 2 atom stereocenters. The van der Waals surface area contributed by atoms with E-state index in [0.29, 0.717) is 5.92 Å². The Kier molecular flexibility index (Phi) is 9.17. The number of aryl methyl sites for hydroxylation is 3. The number of hydrogen-bond donors (Lipinski definition) is 2. The molecule has 1 aliphatic heterocycles. The van der Waals surface area contributed by atoms with Crippen molar-refractivity contribution >= 4 is 41.3 Å². The summed E-state index contributed by atoms with van der Waals surface area (Å²) in [6.45, 7) is 8.65. The molecule has 1 saturated heterocycles. The minimum absolute atomic E-state index is 0. The van der Waals surface area contributed by atoms with Gasteiger partial charge in [-0.3, -0.25) is 4.99 Å². The number of aromatic nitrogens is 1. The number of halogens is 1. The monoisotopic (exact) mass is 514 g/mol. The summed E-state index contributed by atoms with van der Waals surface area (Å²) in [4.78, 5) is 10.1. The fourth-order valence-electron chi connectivity index (χ4n) is 3.53. The Labute approximate surface area is 189 Å². The van der Waals surface area contributed by atoms with E-state index in [1.54, 1.807) is 11.3 Å². The molecule has 0 spiro atoms. The first-order valence-electron chi connectivity index (χ1n) is 9.62. The molecule has 1 aromatic carbocycles. The van der Waals surface area contributed by atoms with Crippen molar-refractivity contribution in [2.24, 2.45) is 10.9 Å². The van der Waals surface area contributed by atoms with E-state index in [1.165, 1.54) is 16.0 Å². The standard InChI is InChI=1S/C21H30N4OS.HI/c1-14-7-9-17(10-8-14)20-18(6-5-11-26-20)12-23-21(22-4)24-13-19-15(2)25-16(3)27-19;/h7-10,18,20H,5-6,11-13H2,1-4H3,(H2,22,23,24);1H. The van der Waals surface area contributed by atoms with Crippen molar-refractivity contribution in [1.82, 2.24) is 15.6 Å². The number of guanidine groups is 1. The molecular weight excluding hydrogens is 483 g/mol. The second-order valence-electron chi connectivity index (χ2n) is 7.15. The van der Waals surface area contributed by atoms with Crippen LogP contribution in [0.2, 0.25) is 0 Å². The molecule has 0 radical (unpaired) electrons. The lowest BCUT2D eigenvalue weighted by molar-refractivity contribution is -0.0265. The van der Waals surface area contributed by atoms with E-state index < -0.39 is 0 Å². The lowest BCUT2D eigenvalue weighted by atomic mass is 9.89. The topological polar surface area (TPSA) is 58.5 Å². The smallest absolute Gasteiger partial charge is 0.191 e. The maximum absolute atomic E-state index is 6.12. The molecule has 0 saturated carbocycles. The normalized spacial score (nSPS) is 19.8. The molecule has 0 aliphatic carbocycles. The predicted molar refractivity (Wildman–Crippen MR) is 128 cm³/mol. The van der Waals surface area contributed by atoms with Gasteiger partial charge in [-0.25, -0.2) is 4.98 Å². The van der Waals surface area contributed by atoms with Crippen LogP contribution in [0.15, 0.2) is 29.3 Å². The Hall–Kier alpha value is -1.19. The van der Waals surface area contributed by atoms with Gasteiger partial charge in [-0.15, -0.1) is 35.3 Å². The average molecular weight is 514 g/mol. The maximum atomic E-state index is 6.12. The summed E-state index contributed by atoms with van der Waals surface area (Å²) < 4.78 is 6.12. The van der Waals surface area contributed by atoms with Gasteiger partial charge in [0.15, 0.2) is 5.96 Å². The minimum Gasteiger partial charge on any atom is -0.373 e. The highest BCUT2D eigenvalue weighted by molar-refractivity contribution is 14.0. The molecule has 28 heavy (non-hydrogen) atoms. The number of rotatable bonds is 5. The van der Waals surface area contributed by atoms with Gasteiger partial charge in [0.25, 0.3) is 0 Å². The SMILES string of the molecule is CN=C(NCc1sc(C)nc1C)NCC1CCCOC1c1ccc(C)cc1.I. The number of hydrogen-bond acceptors (Lipinski definition) is 4. The van der Waals surface area contributed by atoms with Gasteiger partial charge >= 0.3 is 0 Å². The molecule has 1 aromatic heterocycles. The average Bonchev–Trinajstić information content (AvgIpc) is 3.00. The molecule has 0 amide bonds.